The van der Waals surface area contributed by atoms with Crippen molar-refractivity contribution in [1.29, 1.82) is 0 Å². The van der Waals surface area contributed by atoms with E-state index in [0.29, 0.717) is 24.5 Å². The highest BCUT2D eigenvalue weighted by Crippen LogP contribution is 2.46. The zero-order valence-corrected chi connectivity index (χ0v) is 13.8. The SMILES string of the molecule is O=C1O[C@H]2C[C@@H]3C(=C[C@H]2O1)[C@@H](c1ccc2c(c1)OCO2)CN3C(=O)Cl. The third-order valence-corrected chi connectivity index (χ3v) is 5.44. The molecular formula is C17H14ClNO6. The second-order valence-electron chi connectivity index (χ2n) is 6.48. The van der Waals surface area contributed by atoms with E-state index in [1.54, 1.807) is 4.90 Å². The van der Waals surface area contributed by atoms with Crippen LogP contribution in [0.1, 0.15) is 17.9 Å². The van der Waals surface area contributed by atoms with E-state index in [9.17, 15) is 9.59 Å². The van der Waals surface area contributed by atoms with Crippen LogP contribution in [0.2, 0.25) is 0 Å². The van der Waals surface area contributed by atoms with Gasteiger partial charge in [0.05, 0.1) is 6.04 Å². The number of amides is 1. The molecule has 0 bridgehead atoms. The average Bonchev–Trinajstić information content (AvgIpc) is 3.26. The first-order chi connectivity index (χ1) is 12.1. The molecule has 25 heavy (non-hydrogen) atoms. The second kappa shape index (κ2) is 5.29. The lowest BCUT2D eigenvalue weighted by atomic mass is 9.83. The van der Waals surface area contributed by atoms with Gasteiger partial charge in [0.25, 0.3) is 0 Å². The minimum Gasteiger partial charge on any atom is -0.454 e. The number of benzene rings is 1. The lowest BCUT2D eigenvalue weighted by Gasteiger charge is -2.29. The summed E-state index contributed by atoms with van der Waals surface area (Å²) in [5, 5.41) is -0.511. The Labute approximate surface area is 148 Å². The molecule has 3 aliphatic heterocycles. The van der Waals surface area contributed by atoms with Crippen molar-refractivity contribution in [1.82, 2.24) is 4.90 Å². The quantitative estimate of drug-likeness (QED) is 0.330. The number of rotatable bonds is 1. The molecule has 5 rings (SSSR count). The van der Waals surface area contributed by atoms with Crippen LogP contribution in [0.25, 0.3) is 0 Å². The van der Waals surface area contributed by atoms with E-state index in [1.165, 1.54) is 0 Å². The fraction of sp³-hybridized carbons (Fsp3) is 0.412. The van der Waals surface area contributed by atoms with Gasteiger partial charge in [-0.15, -0.1) is 0 Å². The largest absolute Gasteiger partial charge is 0.509 e. The molecule has 4 atom stereocenters. The van der Waals surface area contributed by atoms with Crippen LogP contribution in [-0.4, -0.2) is 48.0 Å². The van der Waals surface area contributed by atoms with E-state index < -0.39 is 17.6 Å². The fourth-order valence-electron chi connectivity index (χ4n) is 4.09. The minimum absolute atomic E-state index is 0.0394. The number of carbonyl (C=O) groups excluding carboxylic acids is 2. The van der Waals surface area contributed by atoms with E-state index in [-0.39, 0.29) is 24.9 Å². The summed E-state index contributed by atoms with van der Waals surface area (Å²) in [6, 6.07) is 5.55. The Bertz CT molecular complexity index is 808. The van der Waals surface area contributed by atoms with Crippen LogP contribution < -0.4 is 9.47 Å². The molecule has 2 saturated heterocycles. The van der Waals surface area contributed by atoms with Gasteiger partial charge in [0.15, 0.2) is 17.6 Å². The van der Waals surface area contributed by atoms with Gasteiger partial charge < -0.3 is 23.8 Å². The van der Waals surface area contributed by atoms with Crippen molar-refractivity contribution < 1.29 is 28.5 Å². The summed E-state index contributed by atoms with van der Waals surface area (Å²) in [5.74, 6) is 1.36. The maximum atomic E-state index is 11.9. The summed E-state index contributed by atoms with van der Waals surface area (Å²) in [7, 11) is 0. The number of nitrogens with zero attached hydrogens (tertiary/aromatic N) is 1. The van der Waals surface area contributed by atoms with E-state index in [1.807, 2.05) is 24.3 Å². The summed E-state index contributed by atoms with van der Waals surface area (Å²) in [6.45, 7) is 0.671. The Kier molecular flexibility index (Phi) is 3.15. The number of hydrogen-bond acceptors (Lipinski definition) is 6. The number of halogens is 1. The summed E-state index contributed by atoms with van der Waals surface area (Å²) >= 11 is 5.80. The van der Waals surface area contributed by atoms with Crippen molar-refractivity contribution in [3.05, 3.63) is 35.4 Å². The van der Waals surface area contributed by atoms with Gasteiger partial charge in [0, 0.05) is 18.9 Å². The first-order valence-electron chi connectivity index (χ1n) is 8.04. The van der Waals surface area contributed by atoms with Gasteiger partial charge in [-0.25, -0.2) is 4.79 Å². The summed E-state index contributed by atoms with van der Waals surface area (Å²) < 4.78 is 21.2. The van der Waals surface area contributed by atoms with Gasteiger partial charge >= 0.3 is 11.5 Å². The molecule has 3 heterocycles. The molecule has 0 aromatic heterocycles. The number of fused-ring (bicyclic) bond motifs is 3. The van der Waals surface area contributed by atoms with Crippen molar-refractivity contribution >= 4 is 23.1 Å². The van der Waals surface area contributed by atoms with Crippen LogP contribution in [-0.2, 0) is 9.47 Å². The highest BCUT2D eigenvalue weighted by molar-refractivity contribution is 6.62. The van der Waals surface area contributed by atoms with E-state index in [2.05, 4.69) is 0 Å². The molecule has 1 aromatic rings. The van der Waals surface area contributed by atoms with Crippen molar-refractivity contribution in [2.24, 2.45) is 0 Å². The first-order valence-corrected chi connectivity index (χ1v) is 8.42. The van der Waals surface area contributed by atoms with Crippen LogP contribution in [0.15, 0.2) is 29.8 Å². The van der Waals surface area contributed by atoms with Crippen molar-refractivity contribution in [2.45, 2.75) is 30.6 Å². The zero-order valence-electron chi connectivity index (χ0n) is 13.0. The monoisotopic (exact) mass is 363 g/mol. The minimum atomic E-state index is -0.671. The molecule has 2 fully saturated rings. The molecule has 8 heteroatoms. The normalized spacial score (nSPS) is 31.8. The molecule has 1 aromatic carbocycles. The molecule has 7 nitrogen and oxygen atoms in total. The summed E-state index contributed by atoms with van der Waals surface area (Å²) in [6.07, 6.45) is 0.923. The standard InChI is InChI=1S/C17H14ClNO6/c18-16(20)19-6-10(8-1-2-12-13(3-8)23-7-22-12)9-4-14-15(5-11(9)19)25-17(21)24-14/h1-4,10-11,14-15H,5-7H2/t10-,11-,14-,15+/m1/s1. The number of hydrogen-bond donors (Lipinski definition) is 0. The molecule has 0 radical (unpaired) electrons. The maximum absolute atomic E-state index is 11.9. The van der Waals surface area contributed by atoms with Gasteiger partial charge in [0.2, 0.25) is 6.79 Å². The molecule has 4 aliphatic rings. The van der Waals surface area contributed by atoms with Crippen LogP contribution >= 0.6 is 11.6 Å². The smallest absolute Gasteiger partial charge is 0.454 e. The van der Waals surface area contributed by atoms with Crippen LogP contribution in [0.4, 0.5) is 9.59 Å². The average molecular weight is 364 g/mol. The van der Waals surface area contributed by atoms with Crippen molar-refractivity contribution in [3.8, 4) is 11.5 Å². The Balaban J connectivity index is 1.54. The summed E-state index contributed by atoms with van der Waals surface area (Å²) in [4.78, 5) is 24.9. The number of carbonyl (C=O) groups is 2. The van der Waals surface area contributed by atoms with E-state index in [4.69, 9.17) is 30.5 Å². The van der Waals surface area contributed by atoms with Gasteiger partial charge in [-0.1, -0.05) is 6.07 Å². The number of likely N-dealkylation sites (tertiary alicyclic amines) is 1. The van der Waals surface area contributed by atoms with Crippen LogP contribution in [0.3, 0.4) is 0 Å². The lowest BCUT2D eigenvalue weighted by Crippen LogP contribution is -2.40. The van der Waals surface area contributed by atoms with Gasteiger partial charge in [-0.05, 0) is 40.9 Å². The second-order valence-corrected chi connectivity index (χ2v) is 6.80. The van der Waals surface area contributed by atoms with Crippen LogP contribution in [0.5, 0.6) is 11.5 Å². The van der Waals surface area contributed by atoms with Crippen molar-refractivity contribution in [3.63, 3.8) is 0 Å². The Hall–Kier alpha value is -2.41. The number of ether oxygens (including phenoxy) is 4. The topological polar surface area (TPSA) is 74.3 Å². The molecule has 0 N–H and O–H groups in total. The molecule has 0 saturated carbocycles. The molecule has 0 spiro atoms. The molecule has 130 valence electrons. The Morgan fingerprint density at radius 3 is 2.88 bits per heavy atom. The molecular weight excluding hydrogens is 350 g/mol. The highest BCUT2D eigenvalue weighted by atomic mass is 35.5. The summed E-state index contributed by atoms with van der Waals surface area (Å²) in [5.41, 5.74) is 2.03. The fourth-order valence-corrected chi connectivity index (χ4v) is 4.28. The maximum Gasteiger partial charge on any atom is 0.509 e. The predicted molar refractivity (Wildman–Crippen MR) is 84.9 cm³/mol. The zero-order chi connectivity index (χ0) is 17.1. The van der Waals surface area contributed by atoms with Gasteiger partial charge in [-0.3, -0.25) is 4.79 Å². The third-order valence-electron chi connectivity index (χ3n) is 5.23. The third kappa shape index (κ3) is 2.26. The van der Waals surface area contributed by atoms with Crippen molar-refractivity contribution in [2.75, 3.05) is 13.3 Å². The van der Waals surface area contributed by atoms with Crippen LogP contribution in [0, 0.1) is 0 Å². The first kappa shape index (κ1) is 14.9. The lowest BCUT2D eigenvalue weighted by molar-refractivity contribution is 0.110. The van der Waals surface area contributed by atoms with E-state index in [0.717, 1.165) is 11.1 Å². The van der Waals surface area contributed by atoms with Gasteiger partial charge in [0.1, 0.15) is 6.10 Å². The Morgan fingerprint density at radius 2 is 2.04 bits per heavy atom. The van der Waals surface area contributed by atoms with Gasteiger partial charge in [-0.2, -0.15) is 0 Å². The molecule has 0 unspecified atom stereocenters. The molecule has 1 aliphatic carbocycles. The highest BCUT2D eigenvalue weighted by Gasteiger charge is 2.49. The predicted octanol–water partition coefficient (Wildman–Crippen LogP) is 2.78. The van der Waals surface area contributed by atoms with E-state index >= 15 is 0 Å². The Morgan fingerprint density at radius 1 is 1.20 bits per heavy atom. The molecule has 1 amide bonds.